The monoisotopic (exact) mass is 108 g/mol. The third-order valence-corrected chi connectivity index (χ3v) is 1.52. The van der Waals surface area contributed by atoms with Crippen LogP contribution in [0.3, 0.4) is 0 Å². The second-order valence-electron chi connectivity index (χ2n) is 1.19. The van der Waals surface area contributed by atoms with E-state index in [0.29, 0.717) is 0 Å². The SMILES string of the molecule is OP1(O)=COC1. The van der Waals surface area contributed by atoms with Crippen LogP contribution in [0.5, 0.6) is 0 Å². The van der Waals surface area contributed by atoms with Gasteiger partial charge in [0.15, 0.2) is 7.34 Å². The fourth-order valence-electron chi connectivity index (χ4n) is 0.208. The molecule has 0 saturated carbocycles. The van der Waals surface area contributed by atoms with E-state index in [9.17, 15) is 0 Å². The molecule has 1 aliphatic heterocycles. The Morgan fingerprint density at radius 1 is 1.67 bits per heavy atom. The molecule has 0 atom stereocenters. The van der Waals surface area contributed by atoms with Crippen LogP contribution in [-0.2, 0) is 4.74 Å². The maximum Gasteiger partial charge on any atom is 0.168 e. The van der Waals surface area contributed by atoms with Crippen molar-refractivity contribution in [1.29, 1.82) is 0 Å². The molecule has 1 heterocycles. The zero-order chi connectivity index (χ0) is 4.62. The maximum absolute atomic E-state index is 8.40. The smallest absolute Gasteiger partial charge is 0.168 e. The van der Waals surface area contributed by atoms with Crippen molar-refractivity contribution in [1.82, 2.24) is 0 Å². The molecule has 3 nitrogen and oxygen atoms in total. The lowest BCUT2D eigenvalue weighted by molar-refractivity contribution is 0.316. The molecule has 2 N–H and O–H groups in total. The van der Waals surface area contributed by atoms with E-state index in [0.717, 1.165) is 5.98 Å². The summed E-state index contributed by atoms with van der Waals surface area (Å²) >= 11 is 0. The van der Waals surface area contributed by atoms with Gasteiger partial charge >= 0.3 is 0 Å². The van der Waals surface area contributed by atoms with Gasteiger partial charge in [-0.05, 0) is 0 Å². The molecule has 0 amide bonds. The van der Waals surface area contributed by atoms with E-state index in [4.69, 9.17) is 9.79 Å². The van der Waals surface area contributed by atoms with Crippen LogP contribution >= 0.6 is 7.34 Å². The average molecular weight is 108 g/mol. The highest BCUT2D eigenvalue weighted by atomic mass is 31.2. The lowest BCUT2D eigenvalue weighted by Crippen LogP contribution is -2.06. The summed E-state index contributed by atoms with van der Waals surface area (Å²) in [5.41, 5.74) is 0. The predicted molar refractivity (Wildman–Crippen MR) is 23.4 cm³/mol. The molecule has 1 aliphatic rings. The Kier molecular flexibility index (Phi) is 0.777. The van der Waals surface area contributed by atoms with Gasteiger partial charge < -0.3 is 14.5 Å². The molecule has 4 heteroatoms. The zero-order valence-corrected chi connectivity index (χ0v) is 3.93. The van der Waals surface area contributed by atoms with Crippen molar-refractivity contribution >= 4 is 13.3 Å². The van der Waals surface area contributed by atoms with Crippen LogP contribution in [0.4, 0.5) is 0 Å². The summed E-state index contributed by atoms with van der Waals surface area (Å²) in [5, 5.41) is 0. The van der Waals surface area contributed by atoms with E-state index in [1.54, 1.807) is 0 Å². The van der Waals surface area contributed by atoms with Gasteiger partial charge in [0.1, 0.15) is 6.35 Å². The molecule has 6 heavy (non-hydrogen) atoms. The molecule has 0 aromatic rings. The van der Waals surface area contributed by atoms with Crippen molar-refractivity contribution in [3.63, 3.8) is 0 Å². The van der Waals surface area contributed by atoms with E-state index in [2.05, 4.69) is 4.74 Å². The third-order valence-electron chi connectivity index (χ3n) is 0.508. The van der Waals surface area contributed by atoms with Gasteiger partial charge in [-0.2, -0.15) is 0 Å². The van der Waals surface area contributed by atoms with Crippen molar-refractivity contribution in [2.75, 3.05) is 6.35 Å². The van der Waals surface area contributed by atoms with Gasteiger partial charge in [0.25, 0.3) is 0 Å². The Bertz CT molecular complexity index is 101. The van der Waals surface area contributed by atoms with Gasteiger partial charge in [-0.3, -0.25) is 0 Å². The summed E-state index contributed by atoms with van der Waals surface area (Å²) in [6.45, 7) is 0. The minimum Gasteiger partial charge on any atom is -0.350 e. The Morgan fingerprint density at radius 3 is 2.00 bits per heavy atom. The van der Waals surface area contributed by atoms with Crippen LogP contribution in [0.1, 0.15) is 0 Å². The number of hydrogen-bond donors (Lipinski definition) is 2. The first-order valence-electron chi connectivity index (χ1n) is 1.50. The standard InChI is InChI=1S/C2H5O3P/c3-6(4)1-5-2-6/h1,3-4H,2H2. The largest absolute Gasteiger partial charge is 0.350 e. The highest BCUT2D eigenvalue weighted by Gasteiger charge is 2.16. The predicted octanol–water partition coefficient (Wildman–Crippen LogP) is -0.434. The first-order chi connectivity index (χ1) is 2.71. The molecule has 0 unspecified atom stereocenters. The van der Waals surface area contributed by atoms with Crippen LogP contribution in [0.15, 0.2) is 0 Å². The minimum absolute atomic E-state index is 0.118. The molecule has 0 saturated heterocycles. The number of ether oxygens (including phenoxy) is 1. The van der Waals surface area contributed by atoms with Gasteiger partial charge in [0.2, 0.25) is 0 Å². The van der Waals surface area contributed by atoms with E-state index in [1.165, 1.54) is 0 Å². The van der Waals surface area contributed by atoms with Crippen LogP contribution < -0.4 is 0 Å². The summed E-state index contributed by atoms with van der Waals surface area (Å²) in [5.74, 6) is 1.09. The Balaban J connectivity index is 2.73. The van der Waals surface area contributed by atoms with Crippen LogP contribution in [0.25, 0.3) is 0 Å². The molecule has 0 radical (unpaired) electrons. The average Bonchev–Trinajstić information content (AvgIpc) is 1.32. The Labute approximate surface area is 35.3 Å². The van der Waals surface area contributed by atoms with E-state index in [1.807, 2.05) is 0 Å². The Morgan fingerprint density at radius 2 is 2.00 bits per heavy atom. The zero-order valence-electron chi connectivity index (χ0n) is 3.03. The van der Waals surface area contributed by atoms with Gasteiger partial charge in [-0.25, -0.2) is 0 Å². The highest BCUT2D eigenvalue weighted by Crippen LogP contribution is 2.41. The van der Waals surface area contributed by atoms with Gasteiger partial charge in [-0.15, -0.1) is 0 Å². The number of rotatable bonds is 0. The van der Waals surface area contributed by atoms with Gasteiger partial charge in [-0.1, -0.05) is 0 Å². The van der Waals surface area contributed by atoms with Gasteiger partial charge in [0.05, 0.1) is 5.98 Å². The molecule has 0 aromatic carbocycles. The lowest BCUT2D eigenvalue weighted by Gasteiger charge is -2.17. The summed E-state index contributed by atoms with van der Waals surface area (Å²) < 4.78 is 4.36. The first kappa shape index (κ1) is 4.34. The normalized spacial score (nSPS) is 27.7. The highest BCUT2D eigenvalue weighted by molar-refractivity contribution is 7.65. The summed E-state index contributed by atoms with van der Waals surface area (Å²) in [7, 11) is -2.56. The molecule has 36 valence electrons. The van der Waals surface area contributed by atoms with Crippen molar-refractivity contribution in [3.05, 3.63) is 0 Å². The molecule has 0 spiro atoms. The third kappa shape index (κ3) is 0.632. The summed E-state index contributed by atoms with van der Waals surface area (Å²) in [6.07, 6.45) is 0.118. The molecule has 1 rings (SSSR count). The topological polar surface area (TPSA) is 49.7 Å². The van der Waals surface area contributed by atoms with E-state index < -0.39 is 7.34 Å². The molecular formula is C2H5O3P. The first-order valence-corrected chi connectivity index (χ1v) is 3.45. The van der Waals surface area contributed by atoms with Crippen LogP contribution in [0, 0.1) is 0 Å². The van der Waals surface area contributed by atoms with Crippen molar-refractivity contribution < 1.29 is 14.5 Å². The van der Waals surface area contributed by atoms with Crippen LogP contribution in [0.2, 0.25) is 0 Å². The van der Waals surface area contributed by atoms with Crippen molar-refractivity contribution in [2.45, 2.75) is 0 Å². The molecule has 0 bridgehead atoms. The molecule has 0 aliphatic carbocycles. The fourth-order valence-corrected chi connectivity index (χ4v) is 0.624. The quantitative estimate of drug-likeness (QED) is 0.414. The summed E-state index contributed by atoms with van der Waals surface area (Å²) in [6, 6.07) is 0. The minimum atomic E-state index is -2.56. The van der Waals surface area contributed by atoms with Crippen LogP contribution in [-0.4, -0.2) is 22.1 Å². The van der Waals surface area contributed by atoms with E-state index >= 15 is 0 Å². The fraction of sp³-hybridized carbons (Fsp3) is 0.500. The maximum atomic E-state index is 8.40. The van der Waals surface area contributed by atoms with Gasteiger partial charge in [0, 0.05) is 0 Å². The van der Waals surface area contributed by atoms with Crippen molar-refractivity contribution in [2.24, 2.45) is 0 Å². The molecular weight excluding hydrogens is 103 g/mol. The van der Waals surface area contributed by atoms with E-state index in [-0.39, 0.29) is 6.35 Å². The molecule has 0 fully saturated rings. The Hall–Kier alpha value is 0.180. The second kappa shape index (κ2) is 1.07. The second-order valence-corrected chi connectivity index (χ2v) is 3.23. The van der Waals surface area contributed by atoms with Crippen molar-refractivity contribution in [3.8, 4) is 0 Å². The molecule has 0 aromatic heterocycles. The number of hydrogen-bond acceptors (Lipinski definition) is 3. The summed E-state index contributed by atoms with van der Waals surface area (Å²) in [4.78, 5) is 16.8. The lowest BCUT2D eigenvalue weighted by atomic mass is 11.5.